The number of anilines is 1. The van der Waals surface area contributed by atoms with E-state index in [4.69, 9.17) is 5.73 Å². The largest absolute Gasteiger partial charge is 0.480 e. The maximum absolute atomic E-state index is 11.2. The van der Waals surface area contributed by atoms with Crippen molar-refractivity contribution in [2.45, 2.75) is 19.4 Å². The monoisotopic (exact) mass is 234 g/mol. The first-order valence-corrected chi connectivity index (χ1v) is 5.91. The lowest BCUT2D eigenvalue weighted by molar-refractivity contribution is -0.138. The molecule has 0 spiro atoms. The van der Waals surface area contributed by atoms with Crippen LogP contribution in [0.25, 0.3) is 0 Å². The van der Waals surface area contributed by atoms with Gasteiger partial charge in [0, 0.05) is 18.8 Å². The molecular formula is C13H18N2O2. The predicted octanol–water partition coefficient (Wildman–Crippen LogP) is 1.10. The average molecular weight is 234 g/mol. The van der Waals surface area contributed by atoms with E-state index in [1.807, 2.05) is 23.1 Å². The van der Waals surface area contributed by atoms with Crippen LogP contribution in [-0.2, 0) is 11.2 Å². The van der Waals surface area contributed by atoms with E-state index in [1.165, 1.54) is 5.56 Å². The van der Waals surface area contributed by atoms with Gasteiger partial charge in [0.15, 0.2) is 0 Å². The Kier molecular flexibility index (Phi) is 3.33. The van der Waals surface area contributed by atoms with Gasteiger partial charge in [-0.2, -0.15) is 0 Å². The number of aliphatic carboxylic acids is 1. The number of benzene rings is 1. The van der Waals surface area contributed by atoms with Gasteiger partial charge in [-0.25, -0.2) is 4.79 Å². The molecule has 0 fully saturated rings. The Morgan fingerprint density at radius 3 is 2.94 bits per heavy atom. The Morgan fingerprint density at radius 2 is 2.29 bits per heavy atom. The fourth-order valence-electron chi connectivity index (χ4n) is 2.49. The first-order chi connectivity index (χ1) is 8.13. The lowest BCUT2D eigenvalue weighted by atomic mass is 9.92. The van der Waals surface area contributed by atoms with Crippen molar-refractivity contribution in [1.82, 2.24) is 0 Å². The lowest BCUT2D eigenvalue weighted by Gasteiger charge is -2.38. The third kappa shape index (κ3) is 2.26. The van der Waals surface area contributed by atoms with Crippen LogP contribution in [0.15, 0.2) is 24.3 Å². The number of hydrogen-bond acceptors (Lipinski definition) is 3. The summed E-state index contributed by atoms with van der Waals surface area (Å²) in [5.41, 5.74) is 7.82. The number of carbonyl (C=O) groups is 1. The Morgan fingerprint density at radius 1 is 1.59 bits per heavy atom. The lowest BCUT2D eigenvalue weighted by Crippen LogP contribution is -2.50. The second-order valence-electron chi connectivity index (χ2n) is 4.68. The molecule has 0 radical (unpaired) electrons. The number of fused-ring (bicyclic) bond motifs is 1. The van der Waals surface area contributed by atoms with Crippen LogP contribution in [0.3, 0.4) is 0 Å². The second kappa shape index (κ2) is 4.75. The van der Waals surface area contributed by atoms with Crippen LogP contribution in [0.1, 0.15) is 12.5 Å². The average Bonchev–Trinajstić information content (AvgIpc) is 2.29. The highest BCUT2D eigenvalue weighted by Gasteiger charge is 2.30. The normalized spacial score (nSPS) is 20.8. The molecule has 0 aromatic heterocycles. The van der Waals surface area contributed by atoms with Crippen molar-refractivity contribution < 1.29 is 9.90 Å². The first-order valence-electron chi connectivity index (χ1n) is 5.91. The van der Waals surface area contributed by atoms with Crippen LogP contribution in [0, 0.1) is 5.92 Å². The van der Waals surface area contributed by atoms with Gasteiger partial charge < -0.3 is 15.7 Å². The summed E-state index contributed by atoms with van der Waals surface area (Å²) in [5, 5.41) is 9.22. The van der Waals surface area contributed by atoms with E-state index in [9.17, 15) is 9.90 Å². The number of para-hydroxylation sites is 1. The molecule has 1 aromatic carbocycles. The molecule has 0 bridgehead atoms. The Hall–Kier alpha value is -1.55. The fourth-order valence-corrected chi connectivity index (χ4v) is 2.49. The van der Waals surface area contributed by atoms with Gasteiger partial charge in [-0.3, -0.25) is 0 Å². The summed E-state index contributed by atoms with van der Waals surface area (Å²) in [5.74, 6) is -0.394. The zero-order valence-corrected chi connectivity index (χ0v) is 9.97. The molecule has 0 amide bonds. The van der Waals surface area contributed by atoms with Crippen LogP contribution in [0.5, 0.6) is 0 Å². The number of hydrogen-bond donors (Lipinski definition) is 2. The SMILES string of the molecule is CC1Cc2ccccc2N(C(CN)C(=O)O)C1. The van der Waals surface area contributed by atoms with Gasteiger partial charge in [0.05, 0.1) is 0 Å². The zero-order valence-electron chi connectivity index (χ0n) is 9.97. The minimum Gasteiger partial charge on any atom is -0.480 e. The van der Waals surface area contributed by atoms with Gasteiger partial charge in [0.25, 0.3) is 0 Å². The van der Waals surface area contributed by atoms with Crippen molar-refractivity contribution in [3.05, 3.63) is 29.8 Å². The number of nitrogens with two attached hydrogens (primary N) is 1. The smallest absolute Gasteiger partial charge is 0.327 e. The minimum absolute atomic E-state index is 0.135. The molecule has 1 aliphatic rings. The van der Waals surface area contributed by atoms with Crippen molar-refractivity contribution in [2.75, 3.05) is 18.0 Å². The Labute approximate surface area is 101 Å². The minimum atomic E-state index is -0.851. The number of carboxylic acids is 1. The van der Waals surface area contributed by atoms with Crippen LogP contribution in [-0.4, -0.2) is 30.2 Å². The maximum Gasteiger partial charge on any atom is 0.327 e. The van der Waals surface area contributed by atoms with E-state index in [2.05, 4.69) is 13.0 Å². The summed E-state index contributed by atoms with van der Waals surface area (Å²) in [6, 6.07) is 7.35. The molecule has 0 aliphatic carbocycles. The van der Waals surface area contributed by atoms with E-state index in [0.717, 1.165) is 18.7 Å². The molecule has 1 heterocycles. The van der Waals surface area contributed by atoms with Crippen molar-refractivity contribution in [3.63, 3.8) is 0 Å². The molecule has 1 aliphatic heterocycles. The molecule has 17 heavy (non-hydrogen) atoms. The predicted molar refractivity (Wildman–Crippen MR) is 67.1 cm³/mol. The maximum atomic E-state index is 11.2. The molecule has 92 valence electrons. The number of carboxylic acid groups (broad SMARTS) is 1. The quantitative estimate of drug-likeness (QED) is 0.821. The van der Waals surface area contributed by atoms with E-state index in [0.29, 0.717) is 5.92 Å². The highest BCUT2D eigenvalue weighted by Crippen LogP contribution is 2.30. The second-order valence-corrected chi connectivity index (χ2v) is 4.68. The van der Waals surface area contributed by atoms with Crippen LogP contribution < -0.4 is 10.6 Å². The molecule has 0 saturated carbocycles. The number of nitrogens with zero attached hydrogens (tertiary/aromatic N) is 1. The molecule has 3 N–H and O–H groups in total. The summed E-state index contributed by atoms with van der Waals surface area (Å²) in [6.45, 7) is 3.03. The topological polar surface area (TPSA) is 66.6 Å². The van der Waals surface area contributed by atoms with Crippen molar-refractivity contribution in [2.24, 2.45) is 11.7 Å². The summed E-state index contributed by atoms with van der Waals surface area (Å²) >= 11 is 0. The molecule has 1 aromatic rings. The van der Waals surface area contributed by atoms with Crippen molar-refractivity contribution >= 4 is 11.7 Å². The fraction of sp³-hybridized carbons (Fsp3) is 0.462. The standard InChI is InChI=1S/C13H18N2O2/c1-9-6-10-4-2-3-5-11(10)15(8-9)12(7-14)13(16)17/h2-5,9,12H,6-8,14H2,1H3,(H,16,17). The highest BCUT2D eigenvalue weighted by molar-refractivity contribution is 5.79. The molecule has 4 heteroatoms. The molecule has 2 rings (SSSR count). The zero-order chi connectivity index (χ0) is 12.4. The van der Waals surface area contributed by atoms with Gasteiger partial charge >= 0.3 is 5.97 Å². The Balaban J connectivity index is 2.38. The van der Waals surface area contributed by atoms with E-state index in [1.54, 1.807) is 0 Å². The van der Waals surface area contributed by atoms with Gasteiger partial charge in [-0.15, -0.1) is 0 Å². The molecular weight excluding hydrogens is 216 g/mol. The van der Waals surface area contributed by atoms with E-state index < -0.39 is 12.0 Å². The van der Waals surface area contributed by atoms with Gasteiger partial charge in [0.2, 0.25) is 0 Å². The van der Waals surface area contributed by atoms with E-state index >= 15 is 0 Å². The summed E-state index contributed by atoms with van der Waals surface area (Å²) in [6.07, 6.45) is 1.00. The van der Waals surface area contributed by atoms with E-state index in [-0.39, 0.29) is 6.54 Å². The van der Waals surface area contributed by atoms with Crippen molar-refractivity contribution in [1.29, 1.82) is 0 Å². The van der Waals surface area contributed by atoms with Gasteiger partial charge in [-0.1, -0.05) is 25.1 Å². The summed E-state index contributed by atoms with van der Waals surface area (Å²) in [4.78, 5) is 13.1. The summed E-state index contributed by atoms with van der Waals surface area (Å²) < 4.78 is 0. The summed E-state index contributed by atoms with van der Waals surface area (Å²) in [7, 11) is 0. The third-order valence-electron chi connectivity index (χ3n) is 3.26. The van der Waals surface area contributed by atoms with Crippen molar-refractivity contribution in [3.8, 4) is 0 Å². The molecule has 4 nitrogen and oxygen atoms in total. The highest BCUT2D eigenvalue weighted by atomic mass is 16.4. The van der Waals surface area contributed by atoms with Gasteiger partial charge in [0.1, 0.15) is 6.04 Å². The third-order valence-corrected chi connectivity index (χ3v) is 3.26. The van der Waals surface area contributed by atoms with Gasteiger partial charge in [-0.05, 0) is 24.0 Å². The number of rotatable bonds is 3. The molecule has 2 unspecified atom stereocenters. The molecule has 0 saturated heterocycles. The van der Waals surface area contributed by atoms with Crippen LogP contribution >= 0.6 is 0 Å². The first kappa shape index (κ1) is 11.9. The molecule has 2 atom stereocenters. The Bertz CT molecular complexity index is 420. The van der Waals surface area contributed by atoms with Crippen LogP contribution in [0.4, 0.5) is 5.69 Å². The van der Waals surface area contributed by atoms with Crippen LogP contribution in [0.2, 0.25) is 0 Å².